The Morgan fingerprint density at radius 3 is 2.89 bits per heavy atom. The highest BCUT2D eigenvalue weighted by molar-refractivity contribution is 7.89. The average Bonchev–Trinajstić information content (AvgIpc) is 3.11. The molecule has 1 aliphatic heterocycles. The molecule has 6 nitrogen and oxygen atoms in total. The van der Waals surface area contributed by atoms with Crippen molar-refractivity contribution in [2.24, 2.45) is 0 Å². The standard InChI is InChI=1S/C12H14N4O2S/c17-19(18,12-8-14-9-15-12)16-6-2-4-11(16)10-3-1-5-13-7-10/h1,3,5,7-9,11H,2,4,6H2,(H,14,15). The van der Waals surface area contributed by atoms with Gasteiger partial charge in [-0.1, -0.05) is 6.07 Å². The number of nitrogens with zero attached hydrogens (tertiary/aromatic N) is 3. The Morgan fingerprint density at radius 2 is 2.21 bits per heavy atom. The molecule has 3 heterocycles. The Kier molecular flexibility index (Phi) is 3.08. The summed E-state index contributed by atoms with van der Waals surface area (Å²) in [5, 5.41) is 0.142. The van der Waals surface area contributed by atoms with E-state index in [1.165, 1.54) is 16.8 Å². The van der Waals surface area contributed by atoms with Crippen molar-refractivity contribution in [3.8, 4) is 0 Å². The second-order valence-electron chi connectivity index (χ2n) is 4.48. The van der Waals surface area contributed by atoms with Crippen LogP contribution in [0.25, 0.3) is 0 Å². The summed E-state index contributed by atoms with van der Waals surface area (Å²) in [5.74, 6) is 0. The first-order chi connectivity index (χ1) is 9.19. The van der Waals surface area contributed by atoms with E-state index < -0.39 is 10.0 Å². The van der Waals surface area contributed by atoms with Gasteiger partial charge in [0.1, 0.15) is 0 Å². The highest BCUT2D eigenvalue weighted by Crippen LogP contribution is 2.35. The van der Waals surface area contributed by atoms with Crippen LogP contribution in [-0.4, -0.2) is 34.2 Å². The SMILES string of the molecule is O=S(=O)(c1cnc[nH]1)N1CCCC1c1cccnc1. The van der Waals surface area contributed by atoms with Crippen molar-refractivity contribution in [2.45, 2.75) is 23.9 Å². The van der Waals surface area contributed by atoms with Gasteiger partial charge >= 0.3 is 0 Å². The molecule has 1 aliphatic rings. The van der Waals surface area contributed by atoms with Crippen LogP contribution in [0.1, 0.15) is 24.4 Å². The van der Waals surface area contributed by atoms with Crippen LogP contribution in [-0.2, 0) is 10.0 Å². The minimum atomic E-state index is -3.51. The summed E-state index contributed by atoms with van der Waals surface area (Å²) in [6.45, 7) is 0.529. The van der Waals surface area contributed by atoms with E-state index in [1.807, 2.05) is 12.1 Å². The number of imidazole rings is 1. The summed E-state index contributed by atoms with van der Waals surface area (Å²) in [5.41, 5.74) is 0.933. The zero-order chi connectivity index (χ0) is 13.3. The van der Waals surface area contributed by atoms with Gasteiger partial charge < -0.3 is 4.98 Å². The van der Waals surface area contributed by atoms with E-state index in [1.54, 1.807) is 12.4 Å². The summed E-state index contributed by atoms with van der Waals surface area (Å²) in [6, 6.07) is 3.61. The molecule has 2 aromatic heterocycles. The molecule has 2 aromatic rings. The van der Waals surface area contributed by atoms with E-state index in [0.717, 1.165) is 18.4 Å². The maximum atomic E-state index is 12.5. The number of pyridine rings is 1. The molecule has 7 heteroatoms. The van der Waals surface area contributed by atoms with Crippen molar-refractivity contribution >= 4 is 10.0 Å². The van der Waals surface area contributed by atoms with Crippen LogP contribution in [0.3, 0.4) is 0 Å². The van der Waals surface area contributed by atoms with Crippen LogP contribution >= 0.6 is 0 Å². The fourth-order valence-electron chi connectivity index (χ4n) is 2.44. The van der Waals surface area contributed by atoms with Gasteiger partial charge in [0.2, 0.25) is 0 Å². The first-order valence-corrected chi connectivity index (χ1v) is 7.54. The fraction of sp³-hybridized carbons (Fsp3) is 0.333. The molecule has 0 aromatic carbocycles. The van der Waals surface area contributed by atoms with E-state index in [2.05, 4.69) is 15.0 Å². The smallest absolute Gasteiger partial charge is 0.260 e. The van der Waals surface area contributed by atoms with Crippen molar-refractivity contribution in [3.05, 3.63) is 42.6 Å². The molecule has 0 aliphatic carbocycles. The Labute approximate surface area is 111 Å². The van der Waals surface area contributed by atoms with E-state index in [0.29, 0.717) is 6.54 Å². The Hall–Kier alpha value is -1.73. The quantitative estimate of drug-likeness (QED) is 0.918. The molecular formula is C12H14N4O2S. The molecule has 19 heavy (non-hydrogen) atoms. The van der Waals surface area contributed by atoms with Crippen LogP contribution in [0.2, 0.25) is 0 Å². The molecule has 0 spiro atoms. The first kappa shape index (κ1) is 12.3. The molecule has 1 unspecified atom stereocenters. The maximum absolute atomic E-state index is 12.5. The third kappa shape index (κ3) is 2.15. The lowest BCUT2D eigenvalue weighted by Crippen LogP contribution is -2.31. The van der Waals surface area contributed by atoms with Crippen LogP contribution in [0.4, 0.5) is 0 Å². The second kappa shape index (κ2) is 4.75. The van der Waals surface area contributed by atoms with Gasteiger partial charge in [-0.05, 0) is 24.5 Å². The third-order valence-electron chi connectivity index (χ3n) is 3.33. The predicted octanol–water partition coefficient (Wildman–Crippen LogP) is 1.33. The highest BCUT2D eigenvalue weighted by Gasteiger charge is 2.36. The van der Waals surface area contributed by atoms with Gasteiger partial charge in [-0.3, -0.25) is 4.98 Å². The predicted molar refractivity (Wildman–Crippen MR) is 68.7 cm³/mol. The van der Waals surface area contributed by atoms with Gasteiger partial charge in [0.15, 0.2) is 5.03 Å². The lowest BCUT2D eigenvalue weighted by Gasteiger charge is -2.23. The van der Waals surface area contributed by atoms with Gasteiger partial charge in [0.25, 0.3) is 10.0 Å². The van der Waals surface area contributed by atoms with E-state index in [9.17, 15) is 8.42 Å². The molecule has 1 saturated heterocycles. The average molecular weight is 278 g/mol. The Bertz CT molecular complexity index is 640. The van der Waals surface area contributed by atoms with Gasteiger partial charge in [-0.2, -0.15) is 4.31 Å². The van der Waals surface area contributed by atoms with Crippen molar-refractivity contribution in [1.29, 1.82) is 0 Å². The number of sulfonamides is 1. The van der Waals surface area contributed by atoms with E-state index in [4.69, 9.17) is 0 Å². The fourth-order valence-corrected chi connectivity index (χ4v) is 4.02. The number of aromatic nitrogens is 3. The summed E-state index contributed by atoms with van der Waals surface area (Å²) < 4.78 is 26.6. The number of H-pyrrole nitrogens is 1. The van der Waals surface area contributed by atoms with Crippen LogP contribution in [0.15, 0.2) is 42.1 Å². The number of hydrogen-bond donors (Lipinski definition) is 1. The van der Waals surface area contributed by atoms with E-state index >= 15 is 0 Å². The number of nitrogens with one attached hydrogen (secondary N) is 1. The van der Waals surface area contributed by atoms with Gasteiger partial charge in [0.05, 0.1) is 18.6 Å². The van der Waals surface area contributed by atoms with Crippen molar-refractivity contribution in [3.63, 3.8) is 0 Å². The Morgan fingerprint density at radius 1 is 1.32 bits per heavy atom. The number of aromatic amines is 1. The largest absolute Gasteiger partial charge is 0.335 e. The number of rotatable bonds is 3. The van der Waals surface area contributed by atoms with Crippen LogP contribution in [0.5, 0.6) is 0 Å². The minimum absolute atomic E-state index is 0.137. The Balaban J connectivity index is 1.97. The molecule has 0 amide bonds. The van der Waals surface area contributed by atoms with Gasteiger partial charge in [0, 0.05) is 18.9 Å². The van der Waals surface area contributed by atoms with Gasteiger partial charge in [-0.25, -0.2) is 13.4 Å². The summed E-state index contributed by atoms with van der Waals surface area (Å²) >= 11 is 0. The van der Waals surface area contributed by atoms with Gasteiger partial charge in [-0.15, -0.1) is 0 Å². The second-order valence-corrected chi connectivity index (χ2v) is 6.33. The molecule has 100 valence electrons. The van der Waals surface area contributed by atoms with Crippen molar-refractivity contribution < 1.29 is 8.42 Å². The molecule has 0 saturated carbocycles. The zero-order valence-corrected chi connectivity index (χ0v) is 11.0. The lowest BCUT2D eigenvalue weighted by atomic mass is 10.1. The molecule has 1 fully saturated rings. The molecular weight excluding hydrogens is 264 g/mol. The topological polar surface area (TPSA) is 79.0 Å². The molecule has 0 radical (unpaired) electrons. The molecule has 3 rings (SSSR count). The summed E-state index contributed by atoms with van der Waals surface area (Å²) in [4.78, 5) is 10.5. The molecule has 1 atom stereocenters. The first-order valence-electron chi connectivity index (χ1n) is 6.10. The van der Waals surface area contributed by atoms with Crippen molar-refractivity contribution in [1.82, 2.24) is 19.3 Å². The minimum Gasteiger partial charge on any atom is -0.335 e. The number of hydrogen-bond acceptors (Lipinski definition) is 4. The maximum Gasteiger partial charge on any atom is 0.260 e. The lowest BCUT2D eigenvalue weighted by molar-refractivity contribution is 0.394. The normalized spacial score (nSPS) is 20.7. The monoisotopic (exact) mass is 278 g/mol. The van der Waals surface area contributed by atoms with Crippen LogP contribution < -0.4 is 0 Å². The van der Waals surface area contributed by atoms with Crippen LogP contribution in [0, 0.1) is 0 Å². The third-order valence-corrected chi connectivity index (χ3v) is 5.17. The van der Waals surface area contributed by atoms with Crippen molar-refractivity contribution in [2.75, 3.05) is 6.54 Å². The summed E-state index contributed by atoms with van der Waals surface area (Å²) in [7, 11) is -3.51. The molecule has 1 N–H and O–H groups in total. The highest BCUT2D eigenvalue weighted by atomic mass is 32.2. The summed E-state index contributed by atoms with van der Waals surface area (Å²) in [6.07, 6.45) is 7.81. The zero-order valence-electron chi connectivity index (χ0n) is 10.2. The van der Waals surface area contributed by atoms with E-state index in [-0.39, 0.29) is 11.1 Å². The molecule has 0 bridgehead atoms.